The number of nitrogens with zero attached hydrogens (tertiary/aromatic N) is 2. The predicted octanol–water partition coefficient (Wildman–Crippen LogP) is 0.511. The lowest BCUT2D eigenvalue weighted by Gasteiger charge is -2.21. The van der Waals surface area contributed by atoms with Crippen LogP contribution >= 0.6 is 0 Å². The Labute approximate surface area is 94.9 Å². The summed E-state index contributed by atoms with van der Waals surface area (Å²) in [5, 5.41) is 3.83. The monoisotopic (exact) mass is 223 g/mol. The molecule has 1 N–H and O–H groups in total. The third kappa shape index (κ3) is 2.23. The van der Waals surface area contributed by atoms with Gasteiger partial charge in [-0.3, -0.25) is 9.59 Å². The van der Waals surface area contributed by atoms with Crippen LogP contribution in [0.2, 0.25) is 0 Å². The zero-order chi connectivity index (χ0) is 11.8. The van der Waals surface area contributed by atoms with E-state index in [4.69, 9.17) is 0 Å². The average Bonchev–Trinajstić information content (AvgIpc) is 2.59. The van der Waals surface area contributed by atoms with E-state index in [0.717, 1.165) is 19.5 Å². The Morgan fingerprint density at radius 3 is 2.69 bits per heavy atom. The van der Waals surface area contributed by atoms with Gasteiger partial charge in [-0.15, -0.1) is 0 Å². The fourth-order valence-corrected chi connectivity index (χ4v) is 2.10. The Morgan fingerprint density at radius 2 is 2.19 bits per heavy atom. The first-order valence-electron chi connectivity index (χ1n) is 5.63. The van der Waals surface area contributed by atoms with Crippen LogP contribution in [-0.4, -0.2) is 35.5 Å². The predicted molar refractivity (Wildman–Crippen MR) is 59.8 cm³/mol. The molecular weight excluding hydrogens is 206 g/mol. The van der Waals surface area contributed by atoms with Crippen molar-refractivity contribution in [3.05, 3.63) is 0 Å². The zero-order valence-corrected chi connectivity index (χ0v) is 9.75. The molecule has 2 rings (SSSR count). The SMILES string of the molecule is CC1(C)CCN(C(=O)C2=NNC(=O)CC2)C1. The summed E-state index contributed by atoms with van der Waals surface area (Å²) >= 11 is 0. The number of hydrogen-bond donors (Lipinski definition) is 1. The van der Waals surface area contributed by atoms with Crippen LogP contribution in [0.25, 0.3) is 0 Å². The van der Waals surface area contributed by atoms with E-state index in [1.807, 2.05) is 4.90 Å². The normalized spacial score (nSPS) is 24.0. The average molecular weight is 223 g/mol. The first kappa shape index (κ1) is 11.1. The largest absolute Gasteiger partial charge is 0.337 e. The highest BCUT2D eigenvalue weighted by molar-refractivity contribution is 6.39. The molecule has 0 aliphatic carbocycles. The molecule has 5 heteroatoms. The van der Waals surface area contributed by atoms with Crippen molar-refractivity contribution in [2.24, 2.45) is 10.5 Å². The van der Waals surface area contributed by atoms with Crippen LogP contribution in [0.15, 0.2) is 5.10 Å². The van der Waals surface area contributed by atoms with Crippen LogP contribution in [0, 0.1) is 5.41 Å². The summed E-state index contributed by atoms with van der Waals surface area (Å²) in [6.45, 7) is 5.88. The Bertz CT molecular complexity index is 360. The molecule has 0 aromatic carbocycles. The number of nitrogens with one attached hydrogen (secondary N) is 1. The van der Waals surface area contributed by atoms with Crippen LogP contribution in [0.1, 0.15) is 33.1 Å². The van der Waals surface area contributed by atoms with Crippen molar-refractivity contribution >= 4 is 17.5 Å². The van der Waals surface area contributed by atoms with Gasteiger partial charge in [-0.1, -0.05) is 13.8 Å². The van der Waals surface area contributed by atoms with Crippen molar-refractivity contribution in [2.75, 3.05) is 13.1 Å². The van der Waals surface area contributed by atoms with Gasteiger partial charge in [0.2, 0.25) is 5.91 Å². The molecule has 0 atom stereocenters. The molecule has 2 amide bonds. The minimum atomic E-state index is -0.113. The summed E-state index contributed by atoms with van der Waals surface area (Å²) in [5.74, 6) is -0.135. The molecular formula is C11H17N3O2. The van der Waals surface area contributed by atoms with Crippen molar-refractivity contribution in [1.29, 1.82) is 0 Å². The maximum Gasteiger partial charge on any atom is 0.270 e. The number of likely N-dealkylation sites (tertiary alicyclic amines) is 1. The lowest BCUT2D eigenvalue weighted by atomic mass is 9.93. The number of hydrogen-bond acceptors (Lipinski definition) is 3. The van der Waals surface area contributed by atoms with Gasteiger partial charge in [-0.2, -0.15) is 5.10 Å². The maximum absolute atomic E-state index is 12.0. The van der Waals surface area contributed by atoms with E-state index in [1.54, 1.807) is 0 Å². The van der Waals surface area contributed by atoms with Gasteiger partial charge in [0, 0.05) is 25.9 Å². The molecule has 2 aliphatic rings. The number of amides is 2. The molecule has 1 saturated heterocycles. The van der Waals surface area contributed by atoms with Crippen LogP contribution in [0.5, 0.6) is 0 Å². The molecule has 0 spiro atoms. The molecule has 0 bridgehead atoms. The first-order valence-corrected chi connectivity index (χ1v) is 5.63. The summed E-state index contributed by atoms with van der Waals surface area (Å²) in [5.41, 5.74) is 3.04. The summed E-state index contributed by atoms with van der Waals surface area (Å²) in [6.07, 6.45) is 1.85. The Morgan fingerprint density at radius 1 is 1.44 bits per heavy atom. The molecule has 0 aromatic heterocycles. The molecule has 0 saturated carbocycles. The topological polar surface area (TPSA) is 61.8 Å². The second-order valence-corrected chi connectivity index (χ2v) is 5.23. The summed E-state index contributed by atoms with van der Waals surface area (Å²) < 4.78 is 0. The van der Waals surface area contributed by atoms with Crippen molar-refractivity contribution in [3.8, 4) is 0 Å². The number of rotatable bonds is 1. The van der Waals surface area contributed by atoms with Crippen LogP contribution in [-0.2, 0) is 9.59 Å². The highest BCUT2D eigenvalue weighted by atomic mass is 16.2. The fraction of sp³-hybridized carbons (Fsp3) is 0.727. The van der Waals surface area contributed by atoms with E-state index < -0.39 is 0 Å². The molecule has 1 fully saturated rings. The van der Waals surface area contributed by atoms with Crippen molar-refractivity contribution in [1.82, 2.24) is 10.3 Å². The highest BCUT2D eigenvalue weighted by Crippen LogP contribution is 2.29. The standard InChI is InChI=1S/C11H17N3O2/c1-11(2)5-6-14(7-11)10(16)8-3-4-9(15)13-12-8/h3-7H2,1-2H3,(H,13,15). The first-order chi connectivity index (χ1) is 7.48. The quantitative estimate of drug-likeness (QED) is 0.704. The molecule has 0 aromatic rings. The van der Waals surface area contributed by atoms with Crippen molar-refractivity contribution < 1.29 is 9.59 Å². The Balaban J connectivity index is 2.01. The minimum absolute atomic E-state index is 0.0226. The molecule has 0 radical (unpaired) electrons. The second-order valence-electron chi connectivity index (χ2n) is 5.23. The lowest BCUT2D eigenvalue weighted by Crippen LogP contribution is -2.39. The van der Waals surface area contributed by atoms with E-state index in [-0.39, 0.29) is 17.2 Å². The number of hydrazone groups is 1. The van der Waals surface area contributed by atoms with Gasteiger partial charge in [-0.05, 0) is 11.8 Å². The van der Waals surface area contributed by atoms with Crippen LogP contribution in [0.4, 0.5) is 0 Å². The van der Waals surface area contributed by atoms with Gasteiger partial charge >= 0.3 is 0 Å². The molecule has 2 heterocycles. The highest BCUT2D eigenvalue weighted by Gasteiger charge is 2.34. The molecule has 0 unspecified atom stereocenters. The second kappa shape index (κ2) is 3.88. The Kier molecular flexibility index (Phi) is 2.69. The van der Waals surface area contributed by atoms with Crippen LogP contribution < -0.4 is 5.43 Å². The van der Waals surface area contributed by atoms with E-state index in [2.05, 4.69) is 24.4 Å². The summed E-state index contributed by atoms with van der Waals surface area (Å²) in [7, 11) is 0. The van der Waals surface area contributed by atoms with E-state index in [9.17, 15) is 9.59 Å². The van der Waals surface area contributed by atoms with Gasteiger partial charge in [0.05, 0.1) is 0 Å². The maximum atomic E-state index is 12.0. The fourth-order valence-electron chi connectivity index (χ4n) is 2.10. The van der Waals surface area contributed by atoms with Gasteiger partial charge in [0.15, 0.2) is 0 Å². The van der Waals surface area contributed by atoms with Crippen molar-refractivity contribution in [3.63, 3.8) is 0 Å². The van der Waals surface area contributed by atoms with Gasteiger partial charge in [-0.25, -0.2) is 5.43 Å². The van der Waals surface area contributed by atoms with E-state index >= 15 is 0 Å². The third-order valence-electron chi connectivity index (χ3n) is 3.12. The molecule has 16 heavy (non-hydrogen) atoms. The Hall–Kier alpha value is -1.39. The molecule has 88 valence electrons. The van der Waals surface area contributed by atoms with Gasteiger partial charge in [0.1, 0.15) is 5.71 Å². The van der Waals surface area contributed by atoms with E-state index in [0.29, 0.717) is 18.6 Å². The van der Waals surface area contributed by atoms with Crippen LogP contribution in [0.3, 0.4) is 0 Å². The third-order valence-corrected chi connectivity index (χ3v) is 3.12. The van der Waals surface area contributed by atoms with Crippen molar-refractivity contribution in [2.45, 2.75) is 33.1 Å². The number of carbonyl (C=O) groups is 2. The lowest BCUT2D eigenvalue weighted by molar-refractivity contribution is -0.124. The summed E-state index contributed by atoms with van der Waals surface area (Å²) in [6, 6.07) is 0. The molecule has 2 aliphatic heterocycles. The summed E-state index contributed by atoms with van der Waals surface area (Å²) in [4.78, 5) is 24.8. The smallest absolute Gasteiger partial charge is 0.270 e. The minimum Gasteiger partial charge on any atom is -0.337 e. The molecule has 5 nitrogen and oxygen atoms in total. The zero-order valence-electron chi connectivity index (χ0n) is 9.75. The van der Waals surface area contributed by atoms with Gasteiger partial charge < -0.3 is 4.90 Å². The van der Waals surface area contributed by atoms with Gasteiger partial charge in [0.25, 0.3) is 5.91 Å². The number of carbonyl (C=O) groups excluding carboxylic acids is 2. The van der Waals surface area contributed by atoms with E-state index in [1.165, 1.54) is 0 Å².